The van der Waals surface area contributed by atoms with E-state index in [0.29, 0.717) is 11.6 Å². The van der Waals surface area contributed by atoms with Gasteiger partial charge in [-0.3, -0.25) is 0 Å². The molecule has 0 radical (unpaired) electrons. The fourth-order valence-electron chi connectivity index (χ4n) is 0.990. The van der Waals surface area contributed by atoms with Crippen molar-refractivity contribution < 1.29 is 4.21 Å². The molecule has 78 valence electrons. The second kappa shape index (κ2) is 6.04. The Morgan fingerprint density at radius 1 is 1.36 bits per heavy atom. The Morgan fingerprint density at radius 3 is 2.57 bits per heavy atom. The van der Waals surface area contributed by atoms with Gasteiger partial charge in [0.25, 0.3) is 0 Å². The molecule has 1 aromatic carbocycles. The van der Waals surface area contributed by atoms with Crippen molar-refractivity contribution in [2.24, 2.45) is 0 Å². The lowest BCUT2D eigenvalue weighted by atomic mass is 10.2. The van der Waals surface area contributed by atoms with Gasteiger partial charge in [-0.05, 0) is 25.5 Å². The highest BCUT2D eigenvalue weighted by atomic mass is 35.5. The summed E-state index contributed by atoms with van der Waals surface area (Å²) in [6.07, 6.45) is 0.771. The van der Waals surface area contributed by atoms with E-state index >= 15 is 0 Å². The molecule has 0 aliphatic heterocycles. The van der Waals surface area contributed by atoms with E-state index < -0.39 is 11.0 Å². The maximum Gasteiger partial charge on any atom is 0.117 e. The lowest BCUT2D eigenvalue weighted by molar-refractivity contribution is 0.685. The Morgan fingerprint density at radius 2 is 2.00 bits per heavy atom. The maximum absolute atomic E-state index is 11.4. The molecule has 0 spiro atoms. The molecular formula is C10H14ClNOS. The normalized spacial score (nSPS) is 12.4. The van der Waals surface area contributed by atoms with Crippen LogP contribution in [-0.2, 0) is 11.0 Å². The smallest absolute Gasteiger partial charge is 0.117 e. The molecule has 4 heteroatoms. The van der Waals surface area contributed by atoms with E-state index in [9.17, 15) is 4.21 Å². The number of hydrogen-bond donors (Lipinski definition) is 1. The van der Waals surface area contributed by atoms with Crippen LogP contribution >= 0.6 is 11.6 Å². The van der Waals surface area contributed by atoms with Crippen LogP contribution in [0, 0.1) is 6.92 Å². The summed E-state index contributed by atoms with van der Waals surface area (Å²) in [5.41, 5.74) is 2.09. The van der Waals surface area contributed by atoms with Gasteiger partial charge in [0, 0.05) is 17.3 Å². The van der Waals surface area contributed by atoms with Gasteiger partial charge in [0.1, 0.15) is 11.0 Å². The minimum Gasteiger partial charge on any atom is -0.305 e. The second-order valence-electron chi connectivity index (χ2n) is 3.06. The van der Waals surface area contributed by atoms with Crippen LogP contribution in [0.15, 0.2) is 24.3 Å². The van der Waals surface area contributed by atoms with E-state index in [1.54, 1.807) is 0 Å². The molecule has 0 aliphatic carbocycles. The quantitative estimate of drug-likeness (QED) is 0.776. The molecule has 0 saturated heterocycles. The standard InChI is InChI=1S/C10H14ClNOS/c1-9-3-5-10(6-4-9)12-14(13)8-2-7-11/h3-6,12H,2,7-8H2,1H3. The number of alkyl halides is 1. The topological polar surface area (TPSA) is 29.1 Å². The van der Waals surface area contributed by atoms with Crippen LogP contribution in [0.2, 0.25) is 0 Å². The number of hydrogen-bond acceptors (Lipinski definition) is 1. The van der Waals surface area contributed by atoms with E-state index in [4.69, 9.17) is 11.6 Å². The molecule has 0 aliphatic rings. The Hall–Kier alpha value is -0.540. The molecule has 0 heterocycles. The first-order valence-electron chi connectivity index (χ1n) is 4.50. The molecule has 0 amide bonds. The van der Waals surface area contributed by atoms with Gasteiger partial charge in [-0.2, -0.15) is 0 Å². The average molecular weight is 232 g/mol. The van der Waals surface area contributed by atoms with E-state index in [-0.39, 0.29) is 0 Å². The van der Waals surface area contributed by atoms with Gasteiger partial charge in [-0.25, -0.2) is 4.21 Å². The second-order valence-corrected chi connectivity index (χ2v) is 4.74. The van der Waals surface area contributed by atoms with E-state index in [1.807, 2.05) is 31.2 Å². The average Bonchev–Trinajstić information content (AvgIpc) is 2.18. The predicted octanol–water partition coefficient (Wildman–Crippen LogP) is 2.70. The van der Waals surface area contributed by atoms with Gasteiger partial charge < -0.3 is 4.72 Å². The molecule has 1 atom stereocenters. The van der Waals surface area contributed by atoms with Gasteiger partial charge >= 0.3 is 0 Å². The number of rotatable bonds is 5. The van der Waals surface area contributed by atoms with Crippen LogP contribution in [0.1, 0.15) is 12.0 Å². The van der Waals surface area contributed by atoms with Crippen molar-refractivity contribution in [3.63, 3.8) is 0 Å². The van der Waals surface area contributed by atoms with Crippen LogP contribution in [0.3, 0.4) is 0 Å². The SMILES string of the molecule is Cc1ccc(NS(=O)CCCCl)cc1. The summed E-state index contributed by atoms with van der Waals surface area (Å²) in [5, 5.41) is 0. The number of nitrogens with one attached hydrogen (secondary N) is 1. The van der Waals surface area contributed by atoms with Gasteiger partial charge in [0.15, 0.2) is 0 Å². The van der Waals surface area contributed by atoms with Gasteiger partial charge in [-0.1, -0.05) is 17.7 Å². The summed E-state index contributed by atoms with van der Waals surface area (Å²) in [7, 11) is -1.01. The molecule has 2 nitrogen and oxygen atoms in total. The summed E-state index contributed by atoms with van der Waals surface area (Å²) in [5.74, 6) is 1.15. The monoisotopic (exact) mass is 231 g/mol. The summed E-state index contributed by atoms with van der Waals surface area (Å²) in [6.45, 7) is 2.02. The molecule has 1 unspecified atom stereocenters. The van der Waals surface area contributed by atoms with Gasteiger partial charge in [-0.15, -0.1) is 11.6 Å². The molecule has 1 aromatic rings. The Kier molecular flexibility index (Phi) is 4.98. The minimum atomic E-state index is -1.01. The van der Waals surface area contributed by atoms with Crippen LogP contribution in [0.25, 0.3) is 0 Å². The highest BCUT2D eigenvalue weighted by molar-refractivity contribution is 7.86. The summed E-state index contributed by atoms with van der Waals surface area (Å²) in [4.78, 5) is 0. The molecule has 0 fully saturated rings. The van der Waals surface area contributed by atoms with Crippen LogP contribution < -0.4 is 4.72 Å². The van der Waals surface area contributed by atoms with E-state index in [2.05, 4.69) is 4.72 Å². The third kappa shape index (κ3) is 4.11. The van der Waals surface area contributed by atoms with Crippen molar-refractivity contribution in [1.82, 2.24) is 0 Å². The summed E-state index contributed by atoms with van der Waals surface area (Å²) in [6, 6.07) is 7.82. The van der Waals surface area contributed by atoms with Crippen molar-refractivity contribution in [1.29, 1.82) is 0 Å². The Bertz CT molecular complexity index is 299. The fraction of sp³-hybridized carbons (Fsp3) is 0.400. The molecule has 1 rings (SSSR count). The van der Waals surface area contributed by atoms with Gasteiger partial charge in [0.05, 0.1) is 0 Å². The molecule has 0 saturated carbocycles. The van der Waals surface area contributed by atoms with Crippen LogP contribution in [0.5, 0.6) is 0 Å². The first-order chi connectivity index (χ1) is 6.72. The number of benzene rings is 1. The largest absolute Gasteiger partial charge is 0.305 e. The van der Waals surface area contributed by atoms with E-state index in [0.717, 1.165) is 12.1 Å². The number of anilines is 1. The maximum atomic E-state index is 11.4. The van der Waals surface area contributed by atoms with Crippen molar-refractivity contribution in [3.05, 3.63) is 29.8 Å². The van der Waals surface area contributed by atoms with Gasteiger partial charge in [0.2, 0.25) is 0 Å². The molecule has 1 N–H and O–H groups in total. The third-order valence-electron chi connectivity index (χ3n) is 1.75. The molecule has 0 bridgehead atoms. The highest BCUT2D eigenvalue weighted by Gasteiger charge is 1.98. The molecule has 14 heavy (non-hydrogen) atoms. The van der Waals surface area contributed by atoms with Crippen molar-refractivity contribution in [2.45, 2.75) is 13.3 Å². The zero-order valence-electron chi connectivity index (χ0n) is 8.13. The highest BCUT2D eigenvalue weighted by Crippen LogP contribution is 2.09. The Balaban J connectivity index is 2.44. The van der Waals surface area contributed by atoms with Crippen molar-refractivity contribution in [2.75, 3.05) is 16.4 Å². The third-order valence-corrected chi connectivity index (χ3v) is 3.14. The lowest BCUT2D eigenvalue weighted by Gasteiger charge is -2.05. The number of halogens is 1. The Labute approximate surface area is 92.3 Å². The lowest BCUT2D eigenvalue weighted by Crippen LogP contribution is -2.08. The molecule has 0 aromatic heterocycles. The zero-order chi connectivity index (χ0) is 10.4. The van der Waals surface area contributed by atoms with Crippen LogP contribution in [0.4, 0.5) is 5.69 Å². The van der Waals surface area contributed by atoms with Crippen molar-refractivity contribution in [3.8, 4) is 0 Å². The predicted molar refractivity (Wildman–Crippen MR) is 63.1 cm³/mol. The summed E-state index contributed by atoms with van der Waals surface area (Å²) >= 11 is 5.51. The minimum absolute atomic E-state index is 0.557. The molecular weight excluding hydrogens is 218 g/mol. The zero-order valence-corrected chi connectivity index (χ0v) is 9.70. The first-order valence-corrected chi connectivity index (χ1v) is 6.35. The van der Waals surface area contributed by atoms with Crippen LogP contribution in [-0.4, -0.2) is 15.8 Å². The van der Waals surface area contributed by atoms with Crippen molar-refractivity contribution >= 4 is 28.3 Å². The summed E-state index contributed by atoms with van der Waals surface area (Å²) < 4.78 is 14.3. The fourth-order valence-corrected chi connectivity index (χ4v) is 2.19. The number of aryl methyl sites for hydroxylation is 1. The van der Waals surface area contributed by atoms with E-state index in [1.165, 1.54) is 5.56 Å². The first kappa shape index (κ1) is 11.5.